The number of nitrogens with one attached hydrogen (secondary N) is 1. The fourth-order valence-corrected chi connectivity index (χ4v) is 2.40. The zero-order valence-corrected chi connectivity index (χ0v) is 11.1. The summed E-state index contributed by atoms with van der Waals surface area (Å²) in [5, 5.41) is 3.62. The Morgan fingerprint density at radius 1 is 1.19 bits per heavy atom. The second kappa shape index (κ2) is 6.70. The molecule has 0 bridgehead atoms. The Hall–Kier alpha value is -0.820. The molecule has 2 atom stereocenters. The smallest absolute Gasteiger partial charge is 0.0348 e. The van der Waals surface area contributed by atoms with Crippen LogP contribution in [0.15, 0.2) is 24.3 Å². The van der Waals surface area contributed by atoms with Gasteiger partial charge in [-0.3, -0.25) is 0 Å². The highest BCUT2D eigenvalue weighted by molar-refractivity contribution is 5.29. The molecule has 16 heavy (non-hydrogen) atoms. The highest BCUT2D eigenvalue weighted by Crippen LogP contribution is 2.27. The standard InChI is InChI=1S/C15H25N/c1-5-9-13(4)15(16-6-2)14-11-8-7-10-12(14)3/h7-8,10-11,13,15-16H,5-6,9H2,1-4H3. The van der Waals surface area contributed by atoms with Gasteiger partial charge in [0, 0.05) is 6.04 Å². The zero-order chi connectivity index (χ0) is 12.0. The van der Waals surface area contributed by atoms with Crippen molar-refractivity contribution in [3.63, 3.8) is 0 Å². The maximum Gasteiger partial charge on any atom is 0.0348 e. The van der Waals surface area contributed by atoms with Gasteiger partial charge in [-0.15, -0.1) is 0 Å². The van der Waals surface area contributed by atoms with Crippen LogP contribution in [0.4, 0.5) is 0 Å². The minimum Gasteiger partial charge on any atom is -0.310 e. The van der Waals surface area contributed by atoms with E-state index in [1.165, 1.54) is 24.0 Å². The molecule has 1 nitrogen and oxygen atoms in total. The van der Waals surface area contributed by atoms with Gasteiger partial charge in [0.15, 0.2) is 0 Å². The van der Waals surface area contributed by atoms with Crippen molar-refractivity contribution >= 4 is 0 Å². The normalized spacial score (nSPS) is 14.8. The largest absolute Gasteiger partial charge is 0.310 e. The van der Waals surface area contributed by atoms with Gasteiger partial charge in [-0.25, -0.2) is 0 Å². The molecular formula is C15H25N. The molecule has 1 N–H and O–H groups in total. The summed E-state index contributed by atoms with van der Waals surface area (Å²) >= 11 is 0. The Balaban J connectivity index is 2.88. The third kappa shape index (κ3) is 3.34. The first-order chi connectivity index (χ1) is 7.70. The van der Waals surface area contributed by atoms with Crippen molar-refractivity contribution in [2.24, 2.45) is 5.92 Å². The molecule has 0 saturated heterocycles. The fraction of sp³-hybridized carbons (Fsp3) is 0.600. The molecule has 0 saturated carbocycles. The van der Waals surface area contributed by atoms with Crippen LogP contribution >= 0.6 is 0 Å². The highest BCUT2D eigenvalue weighted by atomic mass is 14.9. The maximum atomic E-state index is 3.62. The number of benzene rings is 1. The van der Waals surface area contributed by atoms with Crippen LogP contribution in [0.1, 0.15) is 50.8 Å². The first-order valence-electron chi connectivity index (χ1n) is 6.49. The van der Waals surface area contributed by atoms with E-state index in [4.69, 9.17) is 0 Å². The Morgan fingerprint density at radius 3 is 2.44 bits per heavy atom. The van der Waals surface area contributed by atoms with Crippen LogP contribution in [0.3, 0.4) is 0 Å². The number of hydrogen-bond acceptors (Lipinski definition) is 1. The van der Waals surface area contributed by atoms with Crippen LogP contribution in [-0.4, -0.2) is 6.54 Å². The van der Waals surface area contributed by atoms with Gasteiger partial charge in [0.1, 0.15) is 0 Å². The van der Waals surface area contributed by atoms with Crippen molar-refractivity contribution in [1.29, 1.82) is 0 Å². The monoisotopic (exact) mass is 219 g/mol. The second-order valence-corrected chi connectivity index (χ2v) is 4.66. The minimum atomic E-state index is 0.506. The molecule has 1 aromatic rings. The maximum absolute atomic E-state index is 3.62. The summed E-state index contributed by atoms with van der Waals surface area (Å²) in [6.45, 7) is 10.0. The van der Waals surface area contributed by atoms with E-state index in [9.17, 15) is 0 Å². The average molecular weight is 219 g/mol. The highest BCUT2D eigenvalue weighted by Gasteiger charge is 2.18. The Kier molecular flexibility index (Phi) is 5.54. The molecule has 0 aromatic heterocycles. The topological polar surface area (TPSA) is 12.0 Å². The summed E-state index contributed by atoms with van der Waals surface area (Å²) in [6.07, 6.45) is 2.54. The number of hydrogen-bond donors (Lipinski definition) is 1. The van der Waals surface area contributed by atoms with Crippen molar-refractivity contribution in [3.05, 3.63) is 35.4 Å². The molecule has 0 heterocycles. The third-order valence-electron chi connectivity index (χ3n) is 3.26. The molecule has 2 unspecified atom stereocenters. The first-order valence-corrected chi connectivity index (χ1v) is 6.49. The van der Waals surface area contributed by atoms with Gasteiger partial charge < -0.3 is 5.32 Å². The first kappa shape index (κ1) is 13.2. The summed E-state index contributed by atoms with van der Waals surface area (Å²) < 4.78 is 0. The van der Waals surface area contributed by atoms with E-state index in [1.54, 1.807) is 0 Å². The van der Waals surface area contributed by atoms with Crippen LogP contribution in [0, 0.1) is 12.8 Å². The lowest BCUT2D eigenvalue weighted by Gasteiger charge is -2.26. The van der Waals surface area contributed by atoms with Gasteiger partial charge >= 0.3 is 0 Å². The molecule has 0 fully saturated rings. The quantitative estimate of drug-likeness (QED) is 0.760. The second-order valence-electron chi connectivity index (χ2n) is 4.66. The molecule has 1 aromatic carbocycles. The Bertz CT molecular complexity index is 306. The van der Waals surface area contributed by atoms with Crippen LogP contribution < -0.4 is 5.32 Å². The van der Waals surface area contributed by atoms with Crippen LogP contribution in [0.5, 0.6) is 0 Å². The molecule has 0 aliphatic carbocycles. The van der Waals surface area contributed by atoms with Gasteiger partial charge in [-0.1, -0.05) is 51.5 Å². The minimum absolute atomic E-state index is 0.506. The lowest BCUT2D eigenvalue weighted by atomic mass is 9.88. The summed E-state index contributed by atoms with van der Waals surface area (Å²) in [4.78, 5) is 0. The Labute approximate surface area is 100 Å². The van der Waals surface area contributed by atoms with E-state index in [1.807, 2.05) is 0 Å². The predicted octanol–water partition coefficient (Wildman–Crippen LogP) is 4.08. The zero-order valence-electron chi connectivity index (χ0n) is 11.1. The van der Waals surface area contributed by atoms with Gasteiger partial charge in [0.2, 0.25) is 0 Å². The molecule has 0 aliphatic heterocycles. The van der Waals surface area contributed by atoms with Gasteiger partial charge in [0.25, 0.3) is 0 Å². The lowest BCUT2D eigenvalue weighted by molar-refractivity contribution is 0.368. The van der Waals surface area contributed by atoms with Gasteiger partial charge in [-0.2, -0.15) is 0 Å². The summed E-state index contributed by atoms with van der Waals surface area (Å²) in [5.41, 5.74) is 2.86. The SMILES string of the molecule is CCCC(C)C(NCC)c1ccccc1C. The molecule has 0 aliphatic rings. The fourth-order valence-electron chi connectivity index (χ4n) is 2.40. The van der Waals surface area contributed by atoms with Crippen molar-refractivity contribution in [3.8, 4) is 0 Å². The molecular weight excluding hydrogens is 194 g/mol. The van der Waals surface area contributed by atoms with Crippen molar-refractivity contribution in [2.45, 2.75) is 46.6 Å². The predicted molar refractivity (Wildman–Crippen MR) is 71.7 cm³/mol. The summed E-state index contributed by atoms with van der Waals surface area (Å²) in [5.74, 6) is 0.700. The van der Waals surface area contributed by atoms with E-state index in [0.29, 0.717) is 12.0 Å². The van der Waals surface area contributed by atoms with Crippen LogP contribution in [0.2, 0.25) is 0 Å². The number of rotatable bonds is 6. The molecule has 1 heteroatoms. The molecule has 0 radical (unpaired) electrons. The molecule has 1 rings (SSSR count). The Morgan fingerprint density at radius 2 is 1.88 bits per heavy atom. The van der Waals surface area contributed by atoms with E-state index in [2.05, 4.69) is 57.3 Å². The van der Waals surface area contributed by atoms with E-state index in [0.717, 1.165) is 6.54 Å². The van der Waals surface area contributed by atoms with Crippen molar-refractivity contribution < 1.29 is 0 Å². The molecule has 0 amide bonds. The third-order valence-corrected chi connectivity index (χ3v) is 3.26. The van der Waals surface area contributed by atoms with Gasteiger partial charge in [0.05, 0.1) is 0 Å². The van der Waals surface area contributed by atoms with Gasteiger partial charge in [-0.05, 0) is 36.9 Å². The van der Waals surface area contributed by atoms with E-state index < -0.39 is 0 Å². The summed E-state index contributed by atoms with van der Waals surface area (Å²) in [6, 6.07) is 9.23. The van der Waals surface area contributed by atoms with Crippen molar-refractivity contribution in [1.82, 2.24) is 5.32 Å². The average Bonchev–Trinajstić information content (AvgIpc) is 2.27. The summed E-state index contributed by atoms with van der Waals surface area (Å²) in [7, 11) is 0. The molecule has 0 spiro atoms. The number of aryl methyl sites for hydroxylation is 1. The van der Waals surface area contributed by atoms with Crippen LogP contribution in [-0.2, 0) is 0 Å². The van der Waals surface area contributed by atoms with E-state index >= 15 is 0 Å². The van der Waals surface area contributed by atoms with E-state index in [-0.39, 0.29) is 0 Å². The molecule has 90 valence electrons. The van der Waals surface area contributed by atoms with Crippen LogP contribution in [0.25, 0.3) is 0 Å². The van der Waals surface area contributed by atoms with Crippen molar-refractivity contribution in [2.75, 3.05) is 6.54 Å². The lowest BCUT2D eigenvalue weighted by Crippen LogP contribution is -2.27.